The summed E-state index contributed by atoms with van der Waals surface area (Å²) in [6.45, 7) is 1.44. The van der Waals surface area contributed by atoms with E-state index >= 15 is 0 Å². The van der Waals surface area contributed by atoms with Crippen LogP contribution >= 0.6 is 23.6 Å². The van der Waals surface area contributed by atoms with Crippen molar-refractivity contribution in [3.63, 3.8) is 0 Å². The summed E-state index contributed by atoms with van der Waals surface area (Å²) in [4.78, 5) is 17.0. The number of ether oxygens (including phenoxy) is 2. The molecule has 0 aliphatic carbocycles. The number of carbonyl (C=O) groups excluding carboxylic acids is 1. The van der Waals surface area contributed by atoms with Crippen LogP contribution in [-0.2, 0) is 19.6 Å². The van der Waals surface area contributed by atoms with Crippen molar-refractivity contribution >= 4 is 55.8 Å². The predicted molar refractivity (Wildman–Crippen MR) is 144 cm³/mol. The Bertz CT molecular complexity index is 1350. The van der Waals surface area contributed by atoms with Gasteiger partial charge in [-0.25, -0.2) is 13.4 Å². The van der Waals surface area contributed by atoms with Crippen molar-refractivity contribution < 1.29 is 22.7 Å². The molecule has 0 saturated carbocycles. The first-order valence-electron chi connectivity index (χ1n) is 10.9. The number of aromatic nitrogens is 1. The molecule has 2 N–H and O–H groups in total. The zero-order chi connectivity index (χ0) is 25.5. The van der Waals surface area contributed by atoms with Crippen LogP contribution < -0.4 is 15.4 Å². The smallest absolute Gasteiger partial charge is 0.250 e. The molecule has 1 amide bonds. The number of methoxy groups -OCH3 is 1. The van der Waals surface area contributed by atoms with E-state index < -0.39 is 15.9 Å². The first-order chi connectivity index (χ1) is 17.3. The molecule has 0 bridgehead atoms. The second kappa shape index (κ2) is 11.7. The van der Waals surface area contributed by atoms with E-state index in [1.54, 1.807) is 25.3 Å². The van der Waals surface area contributed by atoms with E-state index in [-0.39, 0.29) is 10.0 Å². The number of nitrogens with one attached hydrogen (secondary N) is 2. The van der Waals surface area contributed by atoms with Gasteiger partial charge < -0.3 is 14.8 Å². The van der Waals surface area contributed by atoms with E-state index in [2.05, 4.69) is 15.6 Å². The van der Waals surface area contributed by atoms with Gasteiger partial charge in [0, 0.05) is 30.1 Å². The van der Waals surface area contributed by atoms with Gasteiger partial charge in [0.1, 0.15) is 5.75 Å². The van der Waals surface area contributed by atoms with Crippen molar-refractivity contribution in [1.29, 1.82) is 0 Å². The van der Waals surface area contributed by atoms with Gasteiger partial charge in [-0.05, 0) is 60.3 Å². The van der Waals surface area contributed by atoms with Gasteiger partial charge in [0.2, 0.25) is 15.9 Å². The molecule has 1 aliphatic heterocycles. The number of thiazole rings is 1. The first kappa shape index (κ1) is 25.9. The molecule has 36 heavy (non-hydrogen) atoms. The zero-order valence-electron chi connectivity index (χ0n) is 19.3. The van der Waals surface area contributed by atoms with E-state index in [0.717, 1.165) is 17.0 Å². The van der Waals surface area contributed by atoms with E-state index in [0.29, 0.717) is 37.0 Å². The number of benzene rings is 2. The summed E-state index contributed by atoms with van der Waals surface area (Å²) >= 11 is 6.58. The summed E-state index contributed by atoms with van der Waals surface area (Å²) in [6.07, 6.45) is 2.90. The van der Waals surface area contributed by atoms with Crippen LogP contribution in [0.4, 0.5) is 5.13 Å². The minimum absolute atomic E-state index is 0.118. The molecule has 0 radical (unpaired) electrons. The van der Waals surface area contributed by atoms with Gasteiger partial charge in [-0.2, -0.15) is 4.31 Å². The lowest BCUT2D eigenvalue weighted by molar-refractivity contribution is -0.115. The highest BCUT2D eigenvalue weighted by Gasteiger charge is 2.25. The number of nitrogens with zero attached hydrogens (tertiary/aromatic N) is 2. The lowest BCUT2D eigenvalue weighted by atomic mass is 10.2. The van der Waals surface area contributed by atoms with Gasteiger partial charge in [-0.3, -0.25) is 10.1 Å². The average molecular weight is 545 g/mol. The van der Waals surface area contributed by atoms with E-state index in [4.69, 9.17) is 21.7 Å². The topological polar surface area (TPSA) is 110 Å². The molecule has 0 unspecified atom stereocenters. The van der Waals surface area contributed by atoms with Crippen molar-refractivity contribution in [1.82, 2.24) is 14.6 Å². The van der Waals surface area contributed by atoms with Crippen LogP contribution in [-0.4, -0.2) is 62.1 Å². The molecule has 1 aromatic heterocycles. The number of amides is 1. The number of hydrogen-bond acceptors (Lipinski definition) is 8. The largest absolute Gasteiger partial charge is 0.497 e. The number of sulfonamides is 1. The maximum atomic E-state index is 12.7. The molecule has 1 aliphatic rings. The van der Waals surface area contributed by atoms with Gasteiger partial charge in [-0.1, -0.05) is 12.1 Å². The first-order valence-corrected chi connectivity index (χ1v) is 13.7. The lowest BCUT2D eigenvalue weighted by Crippen LogP contribution is -2.40. The molecular formula is C24H24N4O5S3. The Hall–Kier alpha value is -3.16. The fourth-order valence-electron chi connectivity index (χ4n) is 3.37. The van der Waals surface area contributed by atoms with Crippen molar-refractivity contribution in [2.24, 2.45) is 0 Å². The third kappa shape index (κ3) is 6.53. The quantitative estimate of drug-likeness (QED) is 0.344. The third-order valence-corrected chi connectivity index (χ3v) is 8.14. The number of carbonyl (C=O) groups is 1. The van der Waals surface area contributed by atoms with Crippen molar-refractivity contribution in [3.8, 4) is 17.0 Å². The molecule has 9 nitrogen and oxygen atoms in total. The van der Waals surface area contributed by atoms with Crippen LogP contribution in [0.25, 0.3) is 17.3 Å². The van der Waals surface area contributed by atoms with Crippen LogP contribution in [0.1, 0.15) is 5.56 Å². The van der Waals surface area contributed by atoms with Gasteiger partial charge in [0.05, 0.1) is 30.9 Å². The molecule has 1 fully saturated rings. The normalized spacial score (nSPS) is 14.5. The van der Waals surface area contributed by atoms with Crippen LogP contribution in [0.5, 0.6) is 5.75 Å². The maximum Gasteiger partial charge on any atom is 0.250 e. The Kier molecular flexibility index (Phi) is 8.44. The number of rotatable bonds is 7. The molecule has 4 rings (SSSR count). The molecular weight excluding hydrogens is 520 g/mol. The fraction of sp³-hybridized carbons (Fsp3) is 0.208. The average Bonchev–Trinajstić information content (AvgIpc) is 3.36. The molecule has 0 spiro atoms. The standard InChI is InChI=1S/C24H24N4O5S3/c1-32-19-7-5-18(6-8-19)21-16-35-24(25-21)27-23(34)26-22(29)11-4-17-2-9-20(10-3-17)36(30,31)28-12-14-33-15-13-28/h2-11,16H,12-15H2,1H3,(H2,25,26,27,29,34)/b11-4+. The summed E-state index contributed by atoms with van der Waals surface area (Å²) in [5.74, 6) is 0.336. The van der Waals surface area contributed by atoms with E-state index in [1.807, 2.05) is 29.6 Å². The zero-order valence-corrected chi connectivity index (χ0v) is 21.8. The Morgan fingerprint density at radius 1 is 1.14 bits per heavy atom. The van der Waals surface area contributed by atoms with Gasteiger partial charge >= 0.3 is 0 Å². The van der Waals surface area contributed by atoms with Crippen LogP contribution in [0, 0.1) is 0 Å². The molecule has 12 heteroatoms. The monoisotopic (exact) mass is 544 g/mol. The number of thiocarbonyl (C=S) groups is 1. The molecule has 2 aromatic carbocycles. The van der Waals surface area contributed by atoms with Gasteiger partial charge in [-0.15, -0.1) is 11.3 Å². The fourth-order valence-corrected chi connectivity index (χ4v) is 5.76. The third-order valence-electron chi connectivity index (χ3n) is 5.26. The SMILES string of the molecule is COc1ccc(-c2csc(NC(=S)NC(=O)/C=C/c3ccc(S(=O)(=O)N4CCOCC4)cc3)n2)cc1. The second-order valence-corrected chi connectivity index (χ2v) is 10.8. The molecule has 2 heterocycles. The summed E-state index contributed by atoms with van der Waals surface area (Å²) in [6, 6.07) is 13.9. The summed E-state index contributed by atoms with van der Waals surface area (Å²) in [5.41, 5.74) is 2.38. The van der Waals surface area contributed by atoms with Gasteiger partial charge in [0.25, 0.3) is 0 Å². The minimum atomic E-state index is -3.56. The van der Waals surface area contributed by atoms with Gasteiger partial charge in [0.15, 0.2) is 10.2 Å². The minimum Gasteiger partial charge on any atom is -0.497 e. The van der Waals surface area contributed by atoms with Crippen LogP contribution in [0.15, 0.2) is 64.9 Å². The van der Waals surface area contributed by atoms with Crippen LogP contribution in [0.3, 0.4) is 0 Å². The number of hydrogen-bond donors (Lipinski definition) is 2. The Morgan fingerprint density at radius 2 is 1.83 bits per heavy atom. The van der Waals surface area contributed by atoms with Crippen LogP contribution in [0.2, 0.25) is 0 Å². The van der Waals surface area contributed by atoms with E-state index in [1.165, 1.54) is 33.9 Å². The molecule has 0 atom stereocenters. The van der Waals surface area contributed by atoms with Crippen molar-refractivity contribution in [3.05, 3.63) is 65.6 Å². The Balaban J connectivity index is 1.30. The highest BCUT2D eigenvalue weighted by molar-refractivity contribution is 7.89. The molecule has 188 valence electrons. The highest BCUT2D eigenvalue weighted by Crippen LogP contribution is 2.26. The Morgan fingerprint density at radius 3 is 2.50 bits per heavy atom. The number of morpholine rings is 1. The molecule has 1 saturated heterocycles. The lowest BCUT2D eigenvalue weighted by Gasteiger charge is -2.26. The summed E-state index contributed by atoms with van der Waals surface area (Å²) < 4.78 is 37.2. The Labute approximate surface area is 218 Å². The number of anilines is 1. The van der Waals surface area contributed by atoms with Crippen molar-refractivity contribution in [2.45, 2.75) is 4.90 Å². The highest BCUT2D eigenvalue weighted by atomic mass is 32.2. The predicted octanol–water partition coefficient (Wildman–Crippen LogP) is 3.37. The second-order valence-electron chi connectivity index (χ2n) is 7.63. The van der Waals surface area contributed by atoms with E-state index in [9.17, 15) is 13.2 Å². The molecule has 3 aromatic rings. The maximum absolute atomic E-state index is 12.7. The summed E-state index contributed by atoms with van der Waals surface area (Å²) in [7, 11) is -1.95. The summed E-state index contributed by atoms with van der Waals surface area (Å²) in [5, 5.41) is 8.03. The van der Waals surface area contributed by atoms with Crippen molar-refractivity contribution in [2.75, 3.05) is 38.7 Å².